The number of rotatable bonds is 3. The van der Waals surface area contributed by atoms with Crippen molar-refractivity contribution in [1.82, 2.24) is 24.7 Å². The van der Waals surface area contributed by atoms with Gasteiger partial charge in [-0.15, -0.1) is 15.3 Å². The predicted molar refractivity (Wildman–Crippen MR) is 92.3 cm³/mol. The highest BCUT2D eigenvalue weighted by atomic mass is 16.4. The van der Waals surface area contributed by atoms with Crippen LogP contribution in [-0.4, -0.2) is 67.9 Å². The van der Waals surface area contributed by atoms with Crippen molar-refractivity contribution in [2.45, 2.75) is 0 Å². The molecule has 0 atom stereocenters. The Morgan fingerprint density at radius 1 is 1.00 bits per heavy atom. The average Bonchev–Trinajstić information content (AvgIpc) is 3.15. The van der Waals surface area contributed by atoms with Gasteiger partial charge in [-0.2, -0.15) is 4.52 Å². The summed E-state index contributed by atoms with van der Waals surface area (Å²) in [6.07, 6.45) is 1.55. The number of hydrogen-bond acceptors (Lipinski definition) is 6. The van der Waals surface area contributed by atoms with Crippen LogP contribution in [0, 0.1) is 0 Å². The van der Waals surface area contributed by atoms with Gasteiger partial charge in [0, 0.05) is 31.7 Å². The largest absolute Gasteiger partial charge is 0.478 e. The van der Waals surface area contributed by atoms with Crippen LogP contribution in [0.1, 0.15) is 20.7 Å². The van der Waals surface area contributed by atoms with Crippen molar-refractivity contribution in [3.63, 3.8) is 0 Å². The first-order chi connectivity index (χ1) is 12.6. The topological polar surface area (TPSA) is 104 Å². The first kappa shape index (κ1) is 16.0. The van der Waals surface area contributed by atoms with E-state index in [2.05, 4.69) is 20.2 Å². The van der Waals surface area contributed by atoms with Gasteiger partial charge in [-0.05, 0) is 30.3 Å². The Balaban J connectivity index is 1.45. The molecule has 1 aromatic carbocycles. The Morgan fingerprint density at radius 2 is 1.77 bits per heavy atom. The number of fused-ring (bicyclic) bond motifs is 1. The number of benzene rings is 1. The van der Waals surface area contributed by atoms with Crippen LogP contribution < -0.4 is 4.90 Å². The molecular weight excluding hydrogens is 336 g/mol. The number of aromatic carboxylic acids is 1. The zero-order valence-corrected chi connectivity index (χ0v) is 13.8. The summed E-state index contributed by atoms with van der Waals surface area (Å²) in [6.45, 7) is 2.37. The predicted octanol–water partition coefficient (Wildman–Crippen LogP) is 0.785. The molecule has 0 spiro atoms. The lowest BCUT2D eigenvalue weighted by Gasteiger charge is -2.35. The maximum Gasteiger partial charge on any atom is 0.335 e. The molecule has 3 heterocycles. The quantitative estimate of drug-likeness (QED) is 0.743. The first-order valence-corrected chi connectivity index (χ1v) is 8.16. The summed E-state index contributed by atoms with van der Waals surface area (Å²) in [5, 5.41) is 21.3. The standard InChI is InChI=1S/C17H16N6O3/c24-16(12-2-1-3-13(10-12)17(25)26)22-8-6-21(7-9-22)15-5-4-14-19-18-11-23(14)20-15/h1-5,10-11H,6-9H2,(H,25,26). The van der Waals surface area contributed by atoms with E-state index in [9.17, 15) is 9.59 Å². The molecule has 1 fully saturated rings. The van der Waals surface area contributed by atoms with Crippen molar-refractivity contribution in [3.05, 3.63) is 53.9 Å². The minimum atomic E-state index is -1.04. The monoisotopic (exact) mass is 352 g/mol. The molecule has 0 aliphatic carbocycles. The minimum Gasteiger partial charge on any atom is -0.478 e. The van der Waals surface area contributed by atoms with Crippen molar-refractivity contribution in [2.75, 3.05) is 31.1 Å². The van der Waals surface area contributed by atoms with Crippen molar-refractivity contribution < 1.29 is 14.7 Å². The molecule has 3 aromatic rings. The number of nitrogens with zero attached hydrogens (tertiary/aromatic N) is 6. The Kier molecular flexibility index (Phi) is 3.96. The highest BCUT2D eigenvalue weighted by Gasteiger charge is 2.23. The maximum atomic E-state index is 12.6. The summed E-state index contributed by atoms with van der Waals surface area (Å²) in [6, 6.07) is 9.86. The van der Waals surface area contributed by atoms with Gasteiger partial charge in [-0.25, -0.2) is 4.79 Å². The van der Waals surface area contributed by atoms with E-state index >= 15 is 0 Å². The van der Waals surface area contributed by atoms with Gasteiger partial charge in [0.2, 0.25) is 0 Å². The van der Waals surface area contributed by atoms with Gasteiger partial charge in [0.15, 0.2) is 5.65 Å². The Hall–Kier alpha value is -3.49. The third-order valence-electron chi connectivity index (χ3n) is 4.39. The molecule has 1 saturated heterocycles. The highest BCUT2D eigenvalue weighted by Crippen LogP contribution is 2.16. The average molecular weight is 352 g/mol. The normalized spacial score (nSPS) is 14.6. The van der Waals surface area contributed by atoms with Crippen molar-refractivity contribution in [3.8, 4) is 0 Å². The molecule has 1 aliphatic rings. The first-order valence-electron chi connectivity index (χ1n) is 8.16. The molecule has 4 rings (SSSR count). The second-order valence-electron chi connectivity index (χ2n) is 5.99. The lowest BCUT2D eigenvalue weighted by Crippen LogP contribution is -2.49. The summed E-state index contributed by atoms with van der Waals surface area (Å²) in [7, 11) is 0. The van der Waals surface area contributed by atoms with Crippen LogP contribution in [0.25, 0.3) is 5.65 Å². The fraction of sp³-hybridized carbons (Fsp3) is 0.235. The Bertz CT molecular complexity index is 977. The molecule has 1 aliphatic heterocycles. The highest BCUT2D eigenvalue weighted by molar-refractivity contribution is 5.97. The SMILES string of the molecule is O=C(O)c1cccc(C(=O)N2CCN(c3ccc4nncn4n3)CC2)c1. The van der Waals surface area contributed by atoms with Crippen LogP contribution in [-0.2, 0) is 0 Å². The Morgan fingerprint density at radius 3 is 2.54 bits per heavy atom. The number of carboxylic acid groups (broad SMARTS) is 1. The molecule has 132 valence electrons. The van der Waals surface area contributed by atoms with Gasteiger partial charge >= 0.3 is 5.97 Å². The van der Waals surface area contributed by atoms with Crippen LogP contribution in [0.2, 0.25) is 0 Å². The number of carbonyl (C=O) groups is 2. The number of carboxylic acids is 1. The fourth-order valence-electron chi connectivity index (χ4n) is 2.99. The second-order valence-corrected chi connectivity index (χ2v) is 5.99. The van der Waals surface area contributed by atoms with E-state index in [1.807, 2.05) is 12.1 Å². The summed E-state index contributed by atoms with van der Waals surface area (Å²) in [5.74, 6) is -0.396. The maximum absolute atomic E-state index is 12.6. The van der Waals surface area contributed by atoms with Gasteiger partial charge in [-0.3, -0.25) is 4.79 Å². The molecule has 1 amide bonds. The van der Waals surface area contributed by atoms with Crippen molar-refractivity contribution in [1.29, 1.82) is 0 Å². The molecule has 0 radical (unpaired) electrons. The molecule has 1 N–H and O–H groups in total. The molecule has 0 saturated carbocycles. The minimum absolute atomic E-state index is 0.112. The van der Waals surface area contributed by atoms with E-state index < -0.39 is 5.97 Å². The van der Waals surface area contributed by atoms with Crippen LogP contribution in [0.15, 0.2) is 42.7 Å². The van der Waals surface area contributed by atoms with E-state index in [-0.39, 0.29) is 11.5 Å². The lowest BCUT2D eigenvalue weighted by atomic mass is 10.1. The van der Waals surface area contributed by atoms with E-state index in [4.69, 9.17) is 5.11 Å². The number of aromatic nitrogens is 4. The van der Waals surface area contributed by atoms with E-state index in [1.165, 1.54) is 12.1 Å². The zero-order chi connectivity index (χ0) is 18.1. The van der Waals surface area contributed by atoms with Gasteiger partial charge in [0.05, 0.1) is 5.56 Å². The van der Waals surface area contributed by atoms with Crippen LogP contribution in [0.3, 0.4) is 0 Å². The number of carbonyl (C=O) groups excluding carboxylic acids is 1. The number of anilines is 1. The van der Waals surface area contributed by atoms with E-state index in [0.717, 1.165) is 5.82 Å². The molecular formula is C17H16N6O3. The van der Waals surface area contributed by atoms with Gasteiger partial charge in [-0.1, -0.05) is 6.07 Å². The molecule has 0 bridgehead atoms. The molecule has 26 heavy (non-hydrogen) atoms. The number of hydrogen-bond donors (Lipinski definition) is 1. The van der Waals surface area contributed by atoms with E-state index in [0.29, 0.717) is 37.4 Å². The number of piperazine rings is 1. The van der Waals surface area contributed by atoms with Crippen molar-refractivity contribution >= 4 is 23.3 Å². The van der Waals surface area contributed by atoms with E-state index in [1.54, 1.807) is 27.9 Å². The molecule has 9 heteroatoms. The van der Waals surface area contributed by atoms with Gasteiger partial charge in [0.1, 0.15) is 12.1 Å². The molecule has 9 nitrogen and oxygen atoms in total. The second kappa shape index (κ2) is 6.43. The molecule has 2 aromatic heterocycles. The summed E-state index contributed by atoms with van der Waals surface area (Å²) in [5.41, 5.74) is 1.18. The van der Waals surface area contributed by atoms with Gasteiger partial charge < -0.3 is 14.9 Å². The molecule has 0 unspecified atom stereocenters. The zero-order valence-electron chi connectivity index (χ0n) is 13.8. The Labute approximate surface area is 148 Å². The lowest BCUT2D eigenvalue weighted by molar-refractivity contribution is 0.0697. The van der Waals surface area contributed by atoms with Crippen molar-refractivity contribution in [2.24, 2.45) is 0 Å². The van der Waals surface area contributed by atoms with Crippen LogP contribution >= 0.6 is 0 Å². The summed E-state index contributed by atoms with van der Waals surface area (Å²) in [4.78, 5) is 27.5. The third-order valence-corrected chi connectivity index (χ3v) is 4.39. The number of amides is 1. The third kappa shape index (κ3) is 2.94. The van der Waals surface area contributed by atoms with Crippen LogP contribution in [0.4, 0.5) is 5.82 Å². The smallest absolute Gasteiger partial charge is 0.335 e. The van der Waals surface area contributed by atoms with Crippen LogP contribution in [0.5, 0.6) is 0 Å². The van der Waals surface area contributed by atoms with Gasteiger partial charge in [0.25, 0.3) is 5.91 Å². The summed E-state index contributed by atoms with van der Waals surface area (Å²) >= 11 is 0. The fourth-order valence-corrected chi connectivity index (χ4v) is 2.99. The summed E-state index contributed by atoms with van der Waals surface area (Å²) < 4.78 is 1.62.